The SMILES string of the molecule is Cc1cccc(NS(=O)(=O)c2ccc(NC(=O)[C@@H](C)Sc3ccccc3)cc2)c1. The van der Waals surface area contributed by atoms with Crippen molar-refractivity contribution in [3.8, 4) is 0 Å². The summed E-state index contributed by atoms with van der Waals surface area (Å²) in [6, 6.07) is 23.0. The van der Waals surface area contributed by atoms with Crippen LogP contribution in [0.1, 0.15) is 12.5 Å². The maximum absolute atomic E-state index is 12.6. The van der Waals surface area contributed by atoms with E-state index in [0.29, 0.717) is 11.4 Å². The molecule has 2 N–H and O–H groups in total. The average molecular weight is 427 g/mol. The molecular formula is C22H22N2O3S2. The first kappa shape index (κ1) is 21.0. The van der Waals surface area contributed by atoms with Gasteiger partial charge in [-0.1, -0.05) is 30.3 Å². The van der Waals surface area contributed by atoms with Crippen LogP contribution in [-0.4, -0.2) is 19.6 Å². The fourth-order valence-corrected chi connectivity index (χ4v) is 4.58. The van der Waals surface area contributed by atoms with Gasteiger partial charge in [-0.2, -0.15) is 0 Å². The van der Waals surface area contributed by atoms with E-state index in [0.717, 1.165) is 10.5 Å². The van der Waals surface area contributed by atoms with Crippen LogP contribution in [-0.2, 0) is 14.8 Å². The highest BCUT2D eigenvalue weighted by atomic mass is 32.2. The molecule has 1 amide bonds. The number of nitrogens with one attached hydrogen (secondary N) is 2. The molecule has 0 heterocycles. The first-order valence-corrected chi connectivity index (χ1v) is 11.4. The molecule has 0 unspecified atom stereocenters. The third-order valence-corrected chi connectivity index (χ3v) is 6.64. The lowest BCUT2D eigenvalue weighted by Gasteiger charge is -2.13. The van der Waals surface area contributed by atoms with Crippen molar-refractivity contribution in [1.29, 1.82) is 0 Å². The predicted molar refractivity (Wildman–Crippen MR) is 119 cm³/mol. The van der Waals surface area contributed by atoms with Crippen molar-refractivity contribution in [1.82, 2.24) is 0 Å². The monoisotopic (exact) mass is 426 g/mol. The summed E-state index contributed by atoms with van der Waals surface area (Å²) in [7, 11) is -3.70. The Morgan fingerprint density at radius 2 is 1.59 bits per heavy atom. The Balaban J connectivity index is 1.64. The predicted octanol–water partition coefficient (Wildman–Crippen LogP) is 4.92. The van der Waals surface area contributed by atoms with Crippen LogP contribution >= 0.6 is 11.8 Å². The zero-order chi connectivity index (χ0) is 20.9. The lowest BCUT2D eigenvalue weighted by atomic mass is 10.2. The van der Waals surface area contributed by atoms with Crippen molar-refractivity contribution in [3.05, 3.63) is 84.4 Å². The van der Waals surface area contributed by atoms with Crippen LogP contribution in [0, 0.1) is 6.92 Å². The van der Waals surface area contributed by atoms with E-state index in [-0.39, 0.29) is 16.1 Å². The summed E-state index contributed by atoms with van der Waals surface area (Å²) >= 11 is 1.46. The Kier molecular flexibility index (Phi) is 6.61. The smallest absolute Gasteiger partial charge is 0.261 e. The second-order valence-electron chi connectivity index (χ2n) is 6.56. The summed E-state index contributed by atoms with van der Waals surface area (Å²) in [6.07, 6.45) is 0. The van der Waals surface area contributed by atoms with Crippen molar-refractivity contribution in [2.75, 3.05) is 10.0 Å². The Hall–Kier alpha value is -2.77. The van der Waals surface area contributed by atoms with Crippen molar-refractivity contribution in [2.45, 2.75) is 28.9 Å². The highest BCUT2D eigenvalue weighted by Gasteiger charge is 2.17. The molecule has 0 aromatic heterocycles. The van der Waals surface area contributed by atoms with Crippen LogP contribution in [0.15, 0.2) is 88.7 Å². The van der Waals surface area contributed by atoms with Gasteiger partial charge in [-0.05, 0) is 67.9 Å². The molecule has 5 nitrogen and oxygen atoms in total. The highest BCUT2D eigenvalue weighted by Crippen LogP contribution is 2.24. The third kappa shape index (κ3) is 5.85. The molecule has 150 valence electrons. The Morgan fingerprint density at radius 1 is 0.897 bits per heavy atom. The van der Waals surface area contributed by atoms with E-state index < -0.39 is 10.0 Å². The van der Waals surface area contributed by atoms with Crippen molar-refractivity contribution in [3.63, 3.8) is 0 Å². The van der Waals surface area contributed by atoms with E-state index in [1.807, 2.05) is 50.2 Å². The number of carbonyl (C=O) groups excluding carboxylic acids is 1. The van der Waals surface area contributed by atoms with Gasteiger partial charge < -0.3 is 5.32 Å². The van der Waals surface area contributed by atoms with Gasteiger partial charge in [-0.3, -0.25) is 9.52 Å². The second kappa shape index (κ2) is 9.15. The zero-order valence-corrected chi connectivity index (χ0v) is 17.8. The van der Waals surface area contributed by atoms with Gasteiger partial charge in [0.05, 0.1) is 10.1 Å². The van der Waals surface area contributed by atoms with E-state index in [4.69, 9.17) is 0 Å². The molecule has 3 aromatic carbocycles. The minimum Gasteiger partial charge on any atom is -0.325 e. The van der Waals surface area contributed by atoms with Crippen LogP contribution in [0.2, 0.25) is 0 Å². The molecule has 0 fully saturated rings. The molecule has 29 heavy (non-hydrogen) atoms. The maximum atomic E-state index is 12.6. The normalized spacial score (nSPS) is 12.2. The number of benzene rings is 3. The van der Waals surface area contributed by atoms with E-state index >= 15 is 0 Å². The van der Waals surface area contributed by atoms with Gasteiger partial charge in [-0.25, -0.2) is 8.42 Å². The molecule has 0 aliphatic rings. The van der Waals surface area contributed by atoms with Gasteiger partial charge in [0.2, 0.25) is 5.91 Å². The van der Waals surface area contributed by atoms with Crippen LogP contribution in [0.5, 0.6) is 0 Å². The third-order valence-electron chi connectivity index (χ3n) is 4.13. The number of rotatable bonds is 7. The van der Waals surface area contributed by atoms with E-state index in [2.05, 4.69) is 10.0 Å². The summed E-state index contributed by atoms with van der Waals surface area (Å²) in [5.74, 6) is -0.146. The average Bonchev–Trinajstić information content (AvgIpc) is 2.69. The molecule has 0 saturated carbocycles. The molecule has 0 aliphatic carbocycles. The summed E-state index contributed by atoms with van der Waals surface area (Å²) in [6.45, 7) is 3.73. The number of aryl methyl sites for hydroxylation is 1. The summed E-state index contributed by atoms with van der Waals surface area (Å²) < 4.78 is 27.7. The molecule has 0 aliphatic heterocycles. The van der Waals surface area contributed by atoms with Gasteiger partial charge in [0, 0.05) is 16.3 Å². The first-order chi connectivity index (χ1) is 13.8. The molecule has 7 heteroatoms. The molecular weight excluding hydrogens is 404 g/mol. The van der Waals surface area contributed by atoms with Gasteiger partial charge in [-0.15, -0.1) is 11.8 Å². The van der Waals surface area contributed by atoms with Crippen molar-refractivity contribution in [2.24, 2.45) is 0 Å². The van der Waals surface area contributed by atoms with Crippen molar-refractivity contribution >= 4 is 39.1 Å². The second-order valence-corrected chi connectivity index (χ2v) is 9.66. The first-order valence-electron chi connectivity index (χ1n) is 9.05. The number of carbonyl (C=O) groups is 1. The summed E-state index contributed by atoms with van der Waals surface area (Å²) in [5, 5.41) is 2.53. The van der Waals surface area contributed by atoms with Crippen LogP contribution in [0.3, 0.4) is 0 Å². The van der Waals surface area contributed by atoms with Crippen LogP contribution in [0.4, 0.5) is 11.4 Å². The number of anilines is 2. The Bertz CT molecular complexity index is 1080. The topological polar surface area (TPSA) is 75.3 Å². The molecule has 1 atom stereocenters. The van der Waals surface area contributed by atoms with Gasteiger partial charge in [0.1, 0.15) is 0 Å². The number of sulfonamides is 1. The molecule has 3 rings (SSSR count). The molecule has 0 radical (unpaired) electrons. The fourth-order valence-electron chi connectivity index (χ4n) is 2.64. The number of hydrogen-bond donors (Lipinski definition) is 2. The standard InChI is InChI=1S/C22H22N2O3S2/c1-16-7-6-8-19(15-16)24-29(26,27)21-13-11-18(12-14-21)23-22(25)17(2)28-20-9-4-3-5-10-20/h3-15,17,24H,1-2H3,(H,23,25)/t17-/m1/s1. The van der Waals surface area contributed by atoms with Gasteiger partial charge in [0.15, 0.2) is 0 Å². The maximum Gasteiger partial charge on any atom is 0.261 e. The fraction of sp³-hybridized carbons (Fsp3) is 0.136. The van der Waals surface area contributed by atoms with E-state index in [1.54, 1.807) is 30.3 Å². The minimum absolute atomic E-state index is 0.128. The molecule has 0 saturated heterocycles. The Morgan fingerprint density at radius 3 is 2.24 bits per heavy atom. The lowest BCUT2D eigenvalue weighted by Crippen LogP contribution is -2.22. The van der Waals surface area contributed by atoms with E-state index in [1.165, 1.54) is 23.9 Å². The number of hydrogen-bond acceptors (Lipinski definition) is 4. The number of thioether (sulfide) groups is 1. The van der Waals surface area contributed by atoms with Gasteiger partial charge >= 0.3 is 0 Å². The molecule has 3 aromatic rings. The molecule has 0 bridgehead atoms. The quantitative estimate of drug-likeness (QED) is 0.526. The summed E-state index contributed by atoms with van der Waals surface area (Å²) in [4.78, 5) is 13.6. The minimum atomic E-state index is -3.70. The zero-order valence-electron chi connectivity index (χ0n) is 16.1. The Labute approximate surface area is 175 Å². The number of amides is 1. The summed E-state index contributed by atoms with van der Waals surface area (Å²) in [5.41, 5.74) is 2.02. The highest BCUT2D eigenvalue weighted by molar-refractivity contribution is 8.00. The van der Waals surface area contributed by atoms with Crippen LogP contribution < -0.4 is 10.0 Å². The van der Waals surface area contributed by atoms with Crippen LogP contribution in [0.25, 0.3) is 0 Å². The molecule has 0 spiro atoms. The largest absolute Gasteiger partial charge is 0.325 e. The lowest BCUT2D eigenvalue weighted by molar-refractivity contribution is -0.115. The van der Waals surface area contributed by atoms with Crippen molar-refractivity contribution < 1.29 is 13.2 Å². The van der Waals surface area contributed by atoms with E-state index in [9.17, 15) is 13.2 Å². The van der Waals surface area contributed by atoms with Gasteiger partial charge in [0.25, 0.3) is 10.0 Å².